The Morgan fingerprint density at radius 2 is 1.20 bits per heavy atom. The molecule has 0 aromatic rings. The van der Waals surface area contributed by atoms with Gasteiger partial charge in [0.25, 0.3) is 0 Å². The van der Waals surface area contributed by atoms with E-state index in [1.165, 1.54) is 0 Å². The van der Waals surface area contributed by atoms with Crippen molar-refractivity contribution in [1.29, 1.82) is 0 Å². The predicted octanol–water partition coefficient (Wildman–Crippen LogP) is -2.88. The second-order valence-corrected chi connectivity index (χ2v) is 1.42. The molecule has 10 heteroatoms. The molecule has 0 aromatic carbocycles. The maximum atomic E-state index is 8.55. The van der Waals surface area contributed by atoms with Crippen molar-refractivity contribution in [2.75, 3.05) is 0 Å². The van der Waals surface area contributed by atoms with Gasteiger partial charge in [0.15, 0.2) is 0 Å². The van der Waals surface area contributed by atoms with Crippen molar-refractivity contribution in [1.82, 2.24) is 0 Å². The molecule has 0 unspecified atom stereocenters. The quantitative estimate of drug-likeness (QED) is 0.209. The maximum absolute atomic E-state index is 8.55. The van der Waals surface area contributed by atoms with Gasteiger partial charge in [-0.25, -0.2) is 10.5 Å². The van der Waals surface area contributed by atoms with Crippen molar-refractivity contribution in [3.05, 3.63) is 0 Å². The van der Waals surface area contributed by atoms with Crippen molar-refractivity contribution >= 4 is 7.82 Å². The van der Waals surface area contributed by atoms with E-state index in [0.29, 0.717) is 0 Å². The molecule has 7 nitrogen and oxygen atoms in total. The standard InChI is InChI=1S/Cu.H3O4P.H2O3.Zn/c;1-5(2,3)4;1-3-2;/h;(H3,1,2,3,4);1-2H;/q+2;;;+2/p-3. The molecule has 0 saturated carbocycles. The molecule has 0 spiro atoms. The van der Waals surface area contributed by atoms with Crippen molar-refractivity contribution < 1.29 is 71.3 Å². The van der Waals surface area contributed by atoms with Crippen LogP contribution in [0, 0.1) is 0 Å². The summed E-state index contributed by atoms with van der Waals surface area (Å²) < 4.78 is 8.55. The molecule has 0 saturated heterocycles. The molecule has 0 aliphatic carbocycles. The number of rotatable bonds is 0. The molecule has 0 atom stereocenters. The van der Waals surface area contributed by atoms with E-state index in [-0.39, 0.29) is 36.5 Å². The van der Waals surface area contributed by atoms with Crippen LogP contribution in [0.1, 0.15) is 0 Å². The average Bonchev–Trinajstić information content (AvgIpc) is 1.27. The average molecular weight is 274 g/mol. The molecule has 0 aliphatic heterocycles. The summed E-state index contributed by atoms with van der Waals surface area (Å²) in [6.07, 6.45) is 0. The van der Waals surface area contributed by atoms with Crippen molar-refractivity contribution in [2.24, 2.45) is 0 Å². The van der Waals surface area contributed by atoms with Crippen LogP contribution in [0.5, 0.6) is 0 Å². The first-order chi connectivity index (χ1) is 3.41. The molecule has 0 amide bonds. The third kappa shape index (κ3) is 471. The minimum absolute atomic E-state index is 0. The second-order valence-electron chi connectivity index (χ2n) is 0.529. The first-order valence-corrected chi connectivity index (χ1v) is 2.56. The smallest absolute Gasteiger partial charge is 0.822 e. The fourth-order valence-electron chi connectivity index (χ4n) is 0. The Hall–Kier alpha value is 1.13. The van der Waals surface area contributed by atoms with Crippen LogP contribution in [0.15, 0.2) is 0 Å². The van der Waals surface area contributed by atoms with Crippen LogP contribution in [-0.2, 0) is 46.1 Å². The minimum atomic E-state index is -5.39. The molecular weight excluding hydrogens is 272 g/mol. The van der Waals surface area contributed by atoms with Crippen molar-refractivity contribution in [3.8, 4) is 0 Å². The van der Waals surface area contributed by atoms with Gasteiger partial charge in [-0.15, -0.1) is 0 Å². The summed E-state index contributed by atoms with van der Waals surface area (Å²) in [5, 5.41) is 15.5. The monoisotopic (exact) mass is 272 g/mol. The third-order valence-electron chi connectivity index (χ3n) is 0. The Balaban J connectivity index is -0.0000000326. The van der Waals surface area contributed by atoms with Gasteiger partial charge < -0.3 is 19.2 Å². The normalized spacial score (nSPS) is 7.70. The Bertz CT molecular complexity index is 69.4. The summed E-state index contributed by atoms with van der Waals surface area (Å²) in [6.45, 7) is 0. The molecule has 10 heavy (non-hydrogen) atoms. The van der Waals surface area contributed by atoms with Gasteiger partial charge in [0.1, 0.15) is 0 Å². The zero-order chi connectivity index (χ0) is 7.21. The first kappa shape index (κ1) is 22.5. The van der Waals surface area contributed by atoms with E-state index in [1.807, 2.05) is 0 Å². The summed E-state index contributed by atoms with van der Waals surface area (Å²) in [5.41, 5.74) is 0. The van der Waals surface area contributed by atoms with E-state index in [0.717, 1.165) is 0 Å². The van der Waals surface area contributed by atoms with E-state index in [1.54, 1.807) is 0 Å². The zero-order valence-electron chi connectivity index (χ0n) is 4.39. The Kier molecular flexibility index (Phi) is 28.7. The molecule has 61 valence electrons. The molecule has 2 N–H and O–H groups in total. The van der Waals surface area contributed by atoms with Crippen LogP contribution in [-0.4, -0.2) is 10.5 Å². The van der Waals surface area contributed by atoms with Gasteiger partial charge in [-0.3, -0.25) is 0 Å². The van der Waals surface area contributed by atoms with Crippen LogP contribution in [0.2, 0.25) is 0 Å². The van der Waals surface area contributed by atoms with Crippen LogP contribution in [0.3, 0.4) is 0 Å². The van der Waals surface area contributed by atoms with E-state index < -0.39 is 7.82 Å². The Labute approximate surface area is 79.4 Å². The zero-order valence-corrected chi connectivity index (χ0v) is 9.19. The Morgan fingerprint density at radius 3 is 1.20 bits per heavy atom. The van der Waals surface area contributed by atoms with Gasteiger partial charge >= 0.3 is 36.5 Å². The van der Waals surface area contributed by atoms with Crippen LogP contribution in [0.4, 0.5) is 0 Å². The summed E-state index contributed by atoms with van der Waals surface area (Å²) >= 11 is 0. The fraction of sp³-hybridized carbons (Fsp3) is 0. The number of phosphoric acid groups is 1. The molecule has 0 aliphatic rings. The summed E-state index contributed by atoms with van der Waals surface area (Å²) in [6, 6.07) is 0. The summed E-state index contributed by atoms with van der Waals surface area (Å²) in [4.78, 5) is 25.6. The number of hydrogen-bond acceptors (Lipinski definition) is 7. The minimum Gasteiger partial charge on any atom is -0.822 e. The molecular formula is H2CuO7PZn+. The summed E-state index contributed by atoms with van der Waals surface area (Å²) in [7, 11) is -5.39. The van der Waals surface area contributed by atoms with Gasteiger partial charge in [0.2, 0.25) is 0 Å². The van der Waals surface area contributed by atoms with E-state index in [9.17, 15) is 0 Å². The molecule has 0 bridgehead atoms. The van der Waals surface area contributed by atoms with E-state index in [2.05, 4.69) is 5.04 Å². The maximum Gasteiger partial charge on any atom is 2.00 e. The molecule has 0 rings (SSSR count). The first-order valence-electron chi connectivity index (χ1n) is 1.10. The van der Waals surface area contributed by atoms with Gasteiger partial charge in [0.05, 0.1) is 0 Å². The molecule has 0 heterocycles. The largest absolute Gasteiger partial charge is 2.00 e. The van der Waals surface area contributed by atoms with Crippen molar-refractivity contribution in [3.63, 3.8) is 0 Å². The van der Waals surface area contributed by atoms with Crippen LogP contribution >= 0.6 is 7.82 Å². The van der Waals surface area contributed by atoms with Crippen molar-refractivity contribution in [2.45, 2.75) is 0 Å². The molecule has 0 aromatic heterocycles. The second kappa shape index (κ2) is 12.8. The summed E-state index contributed by atoms with van der Waals surface area (Å²) in [5.74, 6) is 0. The van der Waals surface area contributed by atoms with Gasteiger partial charge in [0, 0.05) is 0 Å². The van der Waals surface area contributed by atoms with Crippen LogP contribution < -0.4 is 14.7 Å². The fourth-order valence-corrected chi connectivity index (χ4v) is 0. The topological polar surface area (TPSA) is 136 Å². The van der Waals surface area contributed by atoms with Gasteiger partial charge in [-0.2, -0.15) is 7.82 Å². The molecule has 1 radical (unpaired) electrons. The SMILES string of the molecule is O=P([O-])([O-])[O-].OOO.[Cu+2].[Zn+2]. The van der Waals surface area contributed by atoms with Crippen LogP contribution in [0.25, 0.3) is 0 Å². The number of hydrogen-bond donors (Lipinski definition) is 2. The Morgan fingerprint density at radius 1 is 1.20 bits per heavy atom. The van der Waals surface area contributed by atoms with Gasteiger partial charge in [-0.05, 0) is 0 Å². The predicted molar refractivity (Wildman–Crippen MR) is 13.9 cm³/mol. The third-order valence-corrected chi connectivity index (χ3v) is 0. The van der Waals surface area contributed by atoms with E-state index in [4.69, 9.17) is 29.8 Å². The van der Waals surface area contributed by atoms with Gasteiger partial charge in [-0.1, -0.05) is 5.04 Å². The molecule has 0 fully saturated rings. The van der Waals surface area contributed by atoms with E-state index >= 15 is 0 Å².